The van der Waals surface area contributed by atoms with Gasteiger partial charge in [-0.05, 0) is 24.1 Å². The standard InChI is InChI=1S/C13H10F3N3/c1-2-9-3-5-11(6-4-9)19-12(13(14,15)16)10(7-17)8-18-19/h3-6,8H,2H2,1H3. The Kier molecular flexibility index (Phi) is 3.30. The molecule has 0 spiro atoms. The molecule has 0 amide bonds. The maximum absolute atomic E-state index is 12.9. The Bertz CT molecular complexity index is 618. The molecule has 0 saturated carbocycles. The van der Waals surface area contributed by atoms with Crippen molar-refractivity contribution in [2.75, 3.05) is 0 Å². The molecule has 2 rings (SSSR count). The molecule has 1 heterocycles. The first-order valence-electron chi connectivity index (χ1n) is 5.62. The third kappa shape index (κ3) is 2.45. The number of nitrogens with zero attached hydrogens (tertiary/aromatic N) is 3. The van der Waals surface area contributed by atoms with E-state index in [1.165, 1.54) is 6.07 Å². The van der Waals surface area contributed by atoms with Gasteiger partial charge in [0.1, 0.15) is 11.6 Å². The van der Waals surface area contributed by atoms with E-state index in [1.54, 1.807) is 24.3 Å². The largest absolute Gasteiger partial charge is 0.434 e. The summed E-state index contributed by atoms with van der Waals surface area (Å²) in [5.41, 5.74) is -0.220. The molecule has 0 radical (unpaired) electrons. The summed E-state index contributed by atoms with van der Waals surface area (Å²) >= 11 is 0. The van der Waals surface area contributed by atoms with Crippen LogP contribution in [-0.2, 0) is 12.6 Å². The van der Waals surface area contributed by atoms with Crippen molar-refractivity contribution in [1.82, 2.24) is 9.78 Å². The number of alkyl halides is 3. The van der Waals surface area contributed by atoms with E-state index >= 15 is 0 Å². The van der Waals surface area contributed by atoms with Gasteiger partial charge >= 0.3 is 6.18 Å². The van der Waals surface area contributed by atoms with Gasteiger partial charge in [0.05, 0.1) is 11.9 Å². The van der Waals surface area contributed by atoms with Crippen molar-refractivity contribution in [3.05, 3.63) is 47.3 Å². The van der Waals surface area contributed by atoms with Gasteiger partial charge in [0, 0.05) is 0 Å². The molecule has 98 valence electrons. The van der Waals surface area contributed by atoms with Gasteiger partial charge in [-0.2, -0.15) is 23.5 Å². The highest BCUT2D eigenvalue weighted by molar-refractivity contribution is 5.42. The topological polar surface area (TPSA) is 41.6 Å². The summed E-state index contributed by atoms with van der Waals surface area (Å²) in [5, 5.41) is 12.4. The van der Waals surface area contributed by atoms with Crippen LogP contribution >= 0.6 is 0 Å². The van der Waals surface area contributed by atoms with Crippen LogP contribution in [0, 0.1) is 11.3 Å². The summed E-state index contributed by atoms with van der Waals surface area (Å²) in [6.07, 6.45) is -2.89. The highest BCUT2D eigenvalue weighted by atomic mass is 19.4. The predicted molar refractivity (Wildman–Crippen MR) is 62.7 cm³/mol. The molecular weight excluding hydrogens is 255 g/mol. The number of aryl methyl sites for hydroxylation is 1. The van der Waals surface area contributed by atoms with E-state index in [2.05, 4.69) is 5.10 Å². The van der Waals surface area contributed by atoms with Crippen LogP contribution in [0.5, 0.6) is 0 Å². The lowest BCUT2D eigenvalue weighted by Gasteiger charge is -2.11. The van der Waals surface area contributed by atoms with Gasteiger partial charge in [-0.3, -0.25) is 0 Å². The lowest BCUT2D eigenvalue weighted by molar-refractivity contribution is -0.143. The number of halogens is 3. The number of benzene rings is 1. The minimum absolute atomic E-state index is 0.283. The molecule has 0 bridgehead atoms. The highest BCUT2D eigenvalue weighted by Crippen LogP contribution is 2.33. The summed E-state index contributed by atoms with van der Waals surface area (Å²) in [7, 11) is 0. The number of rotatable bonds is 2. The van der Waals surface area contributed by atoms with E-state index in [0.717, 1.165) is 22.9 Å². The van der Waals surface area contributed by atoms with Gasteiger partial charge in [0.2, 0.25) is 0 Å². The minimum atomic E-state index is -4.62. The van der Waals surface area contributed by atoms with E-state index in [4.69, 9.17) is 5.26 Å². The zero-order valence-electron chi connectivity index (χ0n) is 10.1. The molecule has 0 aliphatic carbocycles. The molecule has 3 nitrogen and oxygen atoms in total. The van der Waals surface area contributed by atoms with Crippen molar-refractivity contribution in [3.8, 4) is 11.8 Å². The first kappa shape index (κ1) is 13.1. The molecule has 1 aromatic carbocycles. The summed E-state index contributed by atoms with van der Waals surface area (Å²) < 4.78 is 39.6. The van der Waals surface area contributed by atoms with E-state index in [-0.39, 0.29) is 5.69 Å². The average molecular weight is 265 g/mol. The first-order valence-corrected chi connectivity index (χ1v) is 5.62. The van der Waals surface area contributed by atoms with Crippen LogP contribution in [0.2, 0.25) is 0 Å². The van der Waals surface area contributed by atoms with E-state index in [0.29, 0.717) is 0 Å². The quantitative estimate of drug-likeness (QED) is 0.835. The third-order valence-corrected chi connectivity index (χ3v) is 2.75. The maximum atomic E-state index is 12.9. The van der Waals surface area contributed by atoms with E-state index in [9.17, 15) is 13.2 Å². The zero-order valence-corrected chi connectivity index (χ0v) is 10.1. The fraction of sp³-hybridized carbons (Fsp3) is 0.231. The van der Waals surface area contributed by atoms with Crippen LogP contribution in [-0.4, -0.2) is 9.78 Å². The lowest BCUT2D eigenvalue weighted by Crippen LogP contribution is -2.14. The molecule has 1 aromatic heterocycles. The van der Waals surface area contributed by atoms with Gasteiger partial charge in [-0.25, -0.2) is 4.68 Å². The average Bonchev–Trinajstić information content (AvgIpc) is 2.82. The van der Waals surface area contributed by atoms with E-state index < -0.39 is 17.4 Å². The number of nitriles is 1. The SMILES string of the molecule is CCc1ccc(-n2ncc(C#N)c2C(F)(F)F)cc1. The normalized spacial score (nSPS) is 11.3. The fourth-order valence-corrected chi connectivity index (χ4v) is 1.77. The van der Waals surface area contributed by atoms with Gasteiger partial charge in [0.15, 0.2) is 5.69 Å². The fourth-order valence-electron chi connectivity index (χ4n) is 1.77. The molecule has 6 heteroatoms. The Morgan fingerprint density at radius 2 is 1.89 bits per heavy atom. The molecule has 2 aromatic rings. The molecule has 0 unspecified atom stereocenters. The molecule has 0 N–H and O–H groups in total. The van der Waals surface area contributed by atoms with Crippen molar-refractivity contribution in [3.63, 3.8) is 0 Å². The van der Waals surface area contributed by atoms with Crippen LogP contribution in [0.25, 0.3) is 5.69 Å². The summed E-state index contributed by atoms with van der Waals surface area (Å²) in [6.45, 7) is 1.96. The second kappa shape index (κ2) is 4.76. The van der Waals surface area contributed by atoms with Crippen molar-refractivity contribution in [2.45, 2.75) is 19.5 Å². The second-order valence-electron chi connectivity index (χ2n) is 3.95. The van der Waals surface area contributed by atoms with Gasteiger partial charge in [-0.15, -0.1) is 0 Å². The second-order valence-corrected chi connectivity index (χ2v) is 3.95. The Balaban J connectivity index is 2.56. The number of hydrogen-bond acceptors (Lipinski definition) is 2. The number of aromatic nitrogens is 2. The summed E-state index contributed by atoms with van der Waals surface area (Å²) in [4.78, 5) is 0. The van der Waals surface area contributed by atoms with Crippen molar-refractivity contribution >= 4 is 0 Å². The Hall–Kier alpha value is -2.29. The van der Waals surface area contributed by atoms with Crippen LogP contribution in [0.15, 0.2) is 30.5 Å². The molecule has 0 aliphatic rings. The van der Waals surface area contributed by atoms with Crippen LogP contribution < -0.4 is 0 Å². The zero-order chi connectivity index (χ0) is 14.0. The molecule has 0 fully saturated rings. The summed E-state index contributed by atoms with van der Waals surface area (Å²) in [6, 6.07) is 8.11. The molecule has 0 atom stereocenters. The number of hydrogen-bond donors (Lipinski definition) is 0. The Morgan fingerprint density at radius 1 is 1.26 bits per heavy atom. The molecule has 0 aliphatic heterocycles. The molecule has 19 heavy (non-hydrogen) atoms. The predicted octanol–water partition coefficient (Wildman–Crippen LogP) is 3.33. The van der Waals surface area contributed by atoms with Crippen LogP contribution in [0.1, 0.15) is 23.7 Å². The lowest BCUT2D eigenvalue weighted by atomic mass is 10.1. The van der Waals surface area contributed by atoms with Crippen LogP contribution in [0.3, 0.4) is 0 Å². The monoisotopic (exact) mass is 265 g/mol. The maximum Gasteiger partial charge on any atom is 0.434 e. The Morgan fingerprint density at radius 3 is 2.37 bits per heavy atom. The molecular formula is C13H10F3N3. The van der Waals surface area contributed by atoms with Gasteiger partial charge < -0.3 is 0 Å². The minimum Gasteiger partial charge on any atom is -0.227 e. The van der Waals surface area contributed by atoms with Crippen molar-refractivity contribution in [2.24, 2.45) is 0 Å². The third-order valence-electron chi connectivity index (χ3n) is 2.75. The van der Waals surface area contributed by atoms with Crippen molar-refractivity contribution in [1.29, 1.82) is 5.26 Å². The Labute approximate surface area is 107 Å². The van der Waals surface area contributed by atoms with Crippen LogP contribution in [0.4, 0.5) is 13.2 Å². The molecule has 0 saturated heterocycles. The highest BCUT2D eigenvalue weighted by Gasteiger charge is 2.38. The summed E-state index contributed by atoms with van der Waals surface area (Å²) in [5.74, 6) is 0. The van der Waals surface area contributed by atoms with Gasteiger partial charge in [0.25, 0.3) is 0 Å². The smallest absolute Gasteiger partial charge is 0.227 e. The van der Waals surface area contributed by atoms with E-state index in [1.807, 2.05) is 6.92 Å². The van der Waals surface area contributed by atoms with Gasteiger partial charge in [-0.1, -0.05) is 19.1 Å². The first-order chi connectivity index (χ1) is 8.97. The van der Waals surface area contributed by atoms with Crippen molar-refractivity contribution < 1.29 is 13.2 Å².